The number of halogens is 2. The topological polar surface area (TPSA) is 64.6 Å². The lowest BCUT2D eigenvalue weighted by molar-refractivity contribution is -0.140. The summed E-state index contributed by atoms with van der Waals surface area (Å²) in [4.78, 5) is 26.5. The summed E-state index contributed by atoms with van der Waals surface area (Å²) in [5.74, 6) is -1.71. The Bertz CT molecular complexity index is 1140. The van der Waals surface area contributed by atoms with Crippen LogP contribution in [0.2, 0.25) is 5.02 Å². The van der Waals surface area contributed by atoms with E-state index in [2.05, 4.69) is 5.32 Å². The van der Waals surface area contributed by atoms with Crippen LogP contribution < -0.4 is 5.32 Å². The number of ether oxygens (including phenoxy) is 2. The maximum absolute atomic E-state index is 13.7. The van der Waals surface area contributed by atoms with Crippen LogP contribution in [0, 0.1) is 5.82 Å². The number of esters is 1. The monoisotopic (exact) mass is 469 g/mol. The molecule has 7 heteroatoms. The van der Waals surface area contributed by atoms with Crippen molar-refractivity contribution in [3.63, 3.8) is 0 Å². The number of ketones is 1. The molecular formula is C26H25ClFNO4. The van der Waals surface area contributed by atoms with Gasteiger partial charge < -0.3 is 14.8 Å². The van der Waals surface area contributed by atoms with Crippen LogP contribution in [-0.2, 0) is 19.1 Å². The average Bonchev–Trinajstić information content (AvgIpc) is 2.79. The zero-order valence-corrected chi connectivity index (χ0v) is 19.2. The van der Waals surface area contributed by atoms with Gasteiger partial charge >= 0.3 is 5.97 Å². The number of Topliss-reactive ketones (excluding diaryl/α,β-unsaturated/α-hetero) is 1. The molecule has 0 saturated carbocycles. The van der Waals surface area contributed by atoms with Crippen LogP contribution in [0.1, 0.15) is 42.7 Å². The van der Waals surface area contributed by atoms with Gasteiger partial charge in [0, 0.05) is 41.4 Å². The first-order chi connectivity index (χ1) is 15.9. The number of methoxy groups -OCH3 is 1. The van der Waals surface area contributed by atoms with E-state index in [0.717, 1.165) is 11.3 Å². The van der Waals surface area contributed by atoms with E-state index in [1.165, 1.54) is 19.2 Å². The predicted octanol–water partition coefficient (Wildman–Crippen LogP) is 5.03. The maximum Gasteiger partial charge on any atom is 0.336 e. The summed E-state index contributed by atoms with van der Waals surface area (Å²) in [6.45, 7) is 2.15. The van der Waals surface area contributed by atoms with Gasteiger partial charge in [-0.3, -0.25) is 4.79 Å². The molecule has 0 bridgehead atoms. The summed E-state index contributed by atoms with van der Waals surface area (Å²) in [7, 11) is 1.52. The van der Waals surface area contributed by atoms with Crippen LogP contribution in [0.5, 0.6) is 0 Å². The van der Waals surface area contributed by atoms with Crippen molar-refractivity contribution in [1.82, 2.24) is 5.32 Å². The Labute approximate surface area is 197 Å². The normalized spacial score (nSPS) is 20.4. The Morgan fingerprint density at radius 3 is 2.55 bits per heavy atom. The van der Waals surface area contributed by atoms with Crippen LogP contribution in [0.15, 0.2) is 71.1 Å². The van der Waals surface area contributed by atoms with Gasteiger partial charge in [0.15, 0.2) is 5.78 Å². The molecule has 0 saturated heterocycles. The highest BCUT2D eigenvalue weighted by molar-refractivity contribution is 6.31. The van der Waals surface area contributed by atoms with E-state index in [1.807, 2.05) is 24.3 Å². The number of hydrogen-bond donors (Lipinski definition) is 1. The summed E-state index contributed by atoms with van der Waals surface area (Å²) in [6, 6.07) is 13.4. The molecule has 0 spiro atoms. The molecule has 2 atom stereocenters. The van der Waals surface area contributed by atoms with E-state index in [4.69, 9.17) is 21.1 Å². The molecule has 0 fully saturated rings. The summed E-state index contributed by atoms with van der Waals surface area (Å²) < 4.78 is 24.0. The molecule has 1 aliphatic carbocycles. The molecule has 172 valence electrons. The molecule has 5 nitrogen and oxygen atoms in total. The van der Waals surface area contributed by atoms with Gasteiger partial charge in [0.1, 0.15) is 12.4 Å². The lowest BCUT2D eigenvalue weighted by Crippen LogP contribution is -2.36. The third kappa shape index (κ3) is 4.72. The number of carbonyl (C=O) groups excluding carboxylic acids is 2. The number of nitrogens with one attached hydrogen (secondary N) is 1. The van der Waals surface area contributed by atoms with Crippen molar-refractivity contribution >= 4 is 23.4 Å². The van der Waals surface area contributed by atoms with Crippen molar-refractivity contribution in [2.75, 3.05) is 20.3 Å². The minimum Gasteiger partial charge on any atom is -0.460 e. The van der Waals surface area contributed by atoms with E-state index >= 15 is 0 Å². The minimum absolute atomic E-state index is 0.0716. The summed E-state index contributed by atoms with van der Waals surface area (Å²) in [5, 5.41) is 3.91. The van der Waals surface area contributed by atoms with Gasteiger partial charge in [0.05, 0.1) is 12.2 Å². The van der Waals surface area contributed by atoms with E-state index in [9.17, 15) is 14.0 Å². The zero-order chi connectivity index (χ0) is 23.5. The van der Waals surface area contributed by atoms with E-state index in [1.54, 1.807) is 19.1 Å². The molecule has 2 aromatic rings. The number of rotatable bonds is 6. The van der Waals surface area contributed by atoms with E-state index in [-0.39, 0.29) is 37.2 Å². The van der Waals surface area contributed by atoms with Crippen molar-refractivity contribution in [2.24, 2.45) is 0 Å². The third-order valence-electron chi connectivity index (χ3n) is 6.12. The number of benzene rings is 2. The van der Waals surface area contributed by atoms with E-state index in [0.29, 0.717) is 33.9 Å². The smallest absolute Gasteiger partial charge is 0.336 e. The predicted molar refractivity (Wildman–Crippen MR) is 123 cm³/mol. The molecule has 0 unspecified atom stereocenters. The SMILES string of the molecule is COCCOC(=O)C1=C(C)NC2=C(C(=O)C[C@H](c3ccccc3Cl)C2)[C@@H]1c1ccc(F)cc1. The largest absolute Gasteiger partial charge is 0.460 e. The van der Waals surface area contributed by atoms with Crippen LogP contribution in [0.3, 0.4) is 0 Å². The number of allylic oxidation sites excluding steroid dienone is 3. The van der Waals surface area contributed by atoms with Gasteiger partial charge in [0.25, 0.3) is 0 Å². The first-order valence-electron chi connectivity index (χ1n) is 10.8. The first-order valence-corrected chi connectivity index (χ1v) is 11.2. The molecule has 4 rings (SSSR count). The standard InChI is InChI=1S/C26H25ClFNO4/c1-15-23(26(31)33-12-11-32-2)24(16-7-9-18(28)10-8-16)25-21(29-15)13-17(14-22(25)30)19-5-3-4-6-20(19)27/h3-10,17,24,29H,11-14H2,1-2H3/t17-,24-/m1/s1. The minimum atomic E-state index is -0.642. The molecule has 0 radical (unpaired) electrons. The summed E-state index contributed by atoms with van der Waals surface area (Å²) in [6.07, 6.45) is 0.846. The van der Waals surface area contributed by atoms with Crippen molar-refractivity contribution in [1.29, 1.82) is 0 Å². The van der Waals surface area contributed by atoms with Gasteiger partial charge in [-0.2, -0.15) is 0 Å². The molecule has 2 aliphatic rings. The molecule has 1 aliphatic heterocycles. The van der Waals surface area contributed by atoms with Crippen LogP contribution in [0.25, 0.3) is 0 Å². The van der Waals surface area contributed by atoms with Crippen molar-refractivity contribution in [3.05, 3.63) is 93.0 Å². The molecular weight excluding hydrogens is 445 g/mol. The molecule has 1 heterocycles. The quantitative estimate of drug-likeness (QED) is 0.475. The van der Waals surface area contributed by atoms with Gasteiger partial charge in [-0.05, 0) is 48.6 Å². The van der Waals surface area contributed by atoms with Crippen LogP contribution >= 0.6 is 11.6 Å². The zero-order valence-electron chi connectivity index (χ0n) is 18.5. The Balaban J connectivity index is 1.75. The lowest BCUT2D eigenvalue weighted by atomic mass is 9.71. The second-order valence-corrected chi connectivity index (χ2v) is 8.63. The van der Waals surface area contributed by atoms with Gasteiger partial charge in [-0.25, -0.2) is 9.18 Å². The van der Waals surface area contributed by atoms with E-state index < -0.39 is 11.9 Å². The number of carbonyl (C=O) groups is 2. The Hall–Kier alpha value is -2.96. The van der Waals surface area contributed by atoms with Gasteiger partial charge in [0.2, 0.25) is 0 Å². The molecule has 0 aromatic heterocycles. The average molecular weight is 470 g/mol. The number of dihydropyridines is 1. The highest BCUT2D eigenvalue weighted by atomic mass is 35.5. The van der Waals surface area contributed by atoms with Crippen LogP contribution in [-0.4, -0.2) is 32.1 Å². The van der Waals surface area contributed by atoms with Crippen molar-refractivity contribution in [2.45, 2.75) is 31.6 Å². The van der Waals surface area contributed by atoms with Crippen molar-refractivity contribution in [3.8, 4) is 0 Å². The molecule has 33 heavy (non-hydrogen) atoms. The molecule has 1 N–H and O–H groups in total. The van der Waals surface area contributed by atoms with Gasteiger partial charge in [-0.1, -0.05) is 41.9 Å². The Morgan fingerprint density at radius 1 is 1.12 bits per heavy atom. The highest BCUT2D eigenvalue weighted by Crippen LogP contribution is 2.46. The highest BCUT2D eigenvalue weighted by Gasteiger charge is 2.41. The molecule has 2 aromatic carbocycles. The number of hydrogen-bond acceptors (Lipinski definition) is 5. The fourth-order valence-electron chi connectivity index (χ4n) is 4.62. The van der Waals surface area contributed by atoms with Crippen LogP contribution in [0.4, 0.5) is 4.39 Å². The Morgan fingerprint density at radius 2 is 1.85 bits per heavy atom. The summed E-state index contributed by atoms with van der Waals surface area (Å²) in [5.41, 5.74) is 3.82. The maximum atomic E-state index is 13.7. The third-order valence-corrected chi connectivity index (χ3v) is 6.46. The fourth-order valence-corrected chi connectivity index (χ4v) is 4.91. The fraction of sp³-hybridized carbons (Fsp3) is 0.308. The second kappa shape index (κ2) is 9.89. The Kier molecular flexibility index (Phi) is 6.96. The van der Waals surface area contributed by atoms with Gasteiger partial charge in [-0.15, -0.1) is 0 Å². The first kappa shape index (κ1) is 23.2. The van der Waals surface area contributed by atoms with Crippen molar-refractivity contribution < 1.29 is 23.5 Å². The second-order valence-electron chi connectivity index (χ2n) is 8.22. The lowest BCUT2D eigenvalue weighted by Gasteiger charge is -2.36. The molecule has 0 amide bonds. The summed E-state index contributed by atoms with van der Waals surface area (Å²) >= 11 is 6.41.